The first-order chi connectivity index (χ1) is 10.0. The van der Waals surface area contributed by atoms with Crippen molar-refractivity contribution in [3.8, 4) is 5.75 Å². The van der Waals surface area contributed by atoms with Crippen LogP contribution in [0.15, 0.2) is 10.5 Å². The molecule has 3 heteroatoms. The van der Waals surface area contributed by atoms with E-state index in [1.54, 1.807) is 7.11 Å². The van der Waals surface area contributed by atoms with Crippen LogP contribution in [-0.2, 0) is 0 Å². The summed E-state index contributed by atoms with van der Waals surface area (Å²) in [6, 6.07) is 2.01. The van der Waals surface area contributed by atoms with Gasteiger partial charge in [0.25, 0.3) is 0 Å². The van der Waals surface area contributed by atoms with Crippen LogP contribution in [0.25, 0.3) is 0 Å². The molecule has 118 valence electrons. The fraction of sp³-hybridized carbons (Fsp3) is 0.611. The van der Waals surface area contributed by atoms with E-state index in [1.165, 1.54) is 25.7 Å². The smallest absolute Gasteiger partial charge is 0.166 e. The van der Waals surface area contributed by atoms with Crippen molar-refractivity contribution in [1.82, 2.24) is 0 Å². The number of ether oxygens (including phenoxy) is 1. The van der Waals surface area contributed by atoms with E-state index in [9.17, 15) is 4.79 Å². The summed E-state index contributed by atoms with van der Waals surface area (Å²) in [5.74, 6) is 0.927. The minimum atomic E-state index is 0.198. The van der Waals surface area contributed by atoms with E-state index in [-0.39, 0.29) is 5.78 Å². The van der Waals surface area contributed by atoms with Crippen molar-refractivity contribution in [3.63, 3.8) is 0 Å². The van der Waals surface area contributed by atoms with Crippen LogP contribution in [0.2, 0.25) is 0 Å². The van der Waals surface area contributed by atoms with Gasteiger partial charge >= 0.3 is 0 Å². The number of rotatable bonds is 9. The van der Waals surface area contributed by atoms with Gasteiger partial charge in [-0.1, -0.05) is 55.0 Å². The summed E-state index contributed by atoms with van der Waals surface area (Å²) in [5, 5.41) is 0. The lowest BCUT2D eigenvalue weighted by atomic mass is 9.96. The molecule has 0 radical (unpaired) electrons. The Morgan fingerprint density at radius 1 is 1.14 bits per heavy atom. The Labute approximate surface area is 137 Å². The molecule has 0 fully saturated rings. The molecule has 2 nitrogen and oxygen atoms in total. The monoisotopic (exact) mass is 354 g/mol. The molecule has 0 aliphatic heterocycles. The van der Waals surface area contributed by atoms with Gasteiger partial charge in [-0.25, -0.2) is 0 Å². The molecular formula is C18H27BrO2. The molecule has 0 bridgehead atoms. The fourth-order valence-electron chi connectivity index (χ4n) is 2.64. The van der Waals surface area contributed by atoms with Gasteiger partial charge in [-0.05, 0) is 37.5 Å². The van der Waals surface area contributed by atoms with Gasteiger partial charge in [0.05, 0.1) is 12.7 Å². The molecule has 0 aliphatic rings. The summed E-state index contributed by atoms with van der Waals surface area (Å²) in [6.07, 6.45) is 7.78. The quantitative estimate of drug-likeness (QED) is 0.401. The zero-order valence-electron chi connectivity index (χ0n) is 13.7. The van der Waals surface area contributed by atoms with Crippen LogP contribution in [-0.4, -0.2) is 12.9 Å². The Hall–Kier alpha value is -0.830. The minimum absolute atomic E-state index is 0.198. The summed E-state index contributed by atoms with van der Waals surface area (Å²) in [4.78, 5) is 12.5. The molecule has 1 aromatic carbocycles. The number of halogens is 1. The van der Waals surface area contributed by atoms with E-state index in [0.717, 1.165) is 39.8 Å². The van der Waals surface area contributed by atoms with Crippen molar-refractivity contribution in [3.05, 3.63) is 27.2 Å². The predicted octanol–water partition coefficient (Wildman–Crippen LogP) is 6.01. The highest BCUT2D eigenvalue weighted by molar-refractivity contribution is 9.10. The molecule has 0 heterocycles. The average molecular weight is 355 g/mol. The third kappa shape index (κ3) is 5.14. The highest BCUT2D eigenvalue weighted by Gasteiger charge is 2.19. The molecule has 0 unspecified atom stereocenters. The molecule has 0 spiro atoms. The molecule has 0 saturated heterocycles. The third-order valence-corrected chi connectivity index (χ3v) is 4.73. The van der Waals surface area contributed by atoms with E-state index in [4.69, 9.17) is 4.74 Å². The summed E-state index contributed by atoms with van der Waals surface area (Å²) in [5.41, 5.74) is 2.73. The van der Waals surface area contributed by atoms with Crippen molar-refractivity contribution < 1.29 is 9.53 Å². The zero-order valence-corrected chi connectivity index (χ0v) is 15.3. The molecule has 0 saturated carbocycles. The predicted molar refractivity (Wildman–Crippen MR) is 92.5 cm³/mol. The van der Waals surface area contributed by atoms with Gasteiger partial charge in [-0.15, -0.1) is 0 Å². The second-order valence-electron chi connectivity index (χ2n) is 5.65. The Kier molecular flexibility index (Phi) is 8.02. The number of unbranched alkanes of at least 4 members (excludes halogenated alkanes) is 5. The second-order valence-corrected chi connectivity index (χ2v) is 6.50. The van der Waals surface area contributed by atoms with Gasteiger partial charge in [-0.2, -0.15) is 0 Å². The number of Topliss-reactive ketones (excluding diaryl/α,β-unsaturated/α-hetero) is 1. The van der Waals surface area contributed by atoms with Crippen molar-refractivity contribution in [2.75, 3.05) is 7.11 Å². The van der Waals surface area contributed by atoms with Gasteiger partial charge in [0.1, 0.15) is 5.75 Å². The SMILES string of the molecule is CCCCCCCCC(=O)c1c(C)c(Br)cc(C)c1OC. The summed E-state index contributed by atoms with van der Waals surface area (Å²) in [7, 11) is 1.64. The van der Waals surface area contributed by atoms with E-state index in [1.807, 2.05) is 19.9 Å². The number of ketones is 1. The largest absolute Gasteiger partial charge is 0.496 e. The molecule has 1 aromatic rings. The first kappa shape index (κ1) is 18.2. The molecule has 21 heavy (non-hydrogen) atoms. The summed E-state index contributed by atoms with van der Waals surface area (Å²) in [6.45, 7) is 6.17. The van der Waals surface area contributed by atoms with Crippen molar-refractivity contribution in [2.24, 2.45) is 0 Å². The lowest BCUT2D eigenvalue weighted by Crippen LogP contribution is -2.07. The maximum absolute atomic E-state index is 12.5. The number of benzene rings is 1. The first-order valence-electron chi connectivity index (χ1n) is 7.89. The van der Waals surface area contributed by atoms with Gasteiger partial charge in [0.2, 0.25) is 0 Å². The summed E-state index contributed by atoms with van der Waals surface area (Å²) < 4.78 is 6.43. The number of aryl methyl sites for hydroxylation is 1. The Bertz CT molecular complexity index is 481. The number of hydrogen-bond acceptors (Lipinski definition) is 2. The van der Waals surface area contributed by atoms with Crippen LogP contribution in [0.1, 0.15) is 73.4 Å². The number of hydrogen-bond donors (Lipinski definition) is 0. The number of carbonyl (C=O) groups is 1. The molecule has 0 aliphatic carbocycles. The lowest BCUT2D eigenvalue weighted by molar-refractivity contribution is 0.0975. The molecule has 1 rings (SSSR count). The lowest BCUT2D eigenvalue weighted by Gasteiger charge is -2.15. The van der Waals surface area contributed by atoms with E-state index < -0.39 is 0 Å². The molecule has 0 atom stereocenters. The van der Waals surface area contributed by atoms with Gasteiger partial charge < -0.3 is 4.74 Å². The number of carbonyl (C=O) groups excluding carboxylic acids is 1. The molecule has 0 amide bonds. The van der Waals surface area contributed by atoms with Crippen LogP contribution in [0.4, 0.5) is 0 Å². The van der Waals surface area contributed by atoms with Gasteiger partial charge in [0.15, 0.2) is 5.78 Å². The van der Waals surface area contributed by atoms with E-state index in [0.29, 0.717) is 6.42 Å². The second kappa shape index (κ2) is 9.24. The van der Waals surface area contributed by atoms with Crippen molar-refractivity contribution in [1.29, 1.82) is 0 Å². The van der Waals surface area contributed by atoms with Crippen molar-refractivity contribution >= 4 is 21.7 Å². The topological polar surface area (TPSA) is 26.3 Å². The Morgan fingerprint density at radius 3 is 2.38 bits per heavy atom. The standard InChI is InChI=1S/C18H27BrO2/c1-5-6-7-8-9-10-11-16(20)17-14(3)15(19)12-13(2)18(17)21-4/h12H,5-11H2,1-4H3. The van der Waals surface area contributed by atoms with Crippen molar-refractivity contribution in [2.45, 2.75) is 65.7 Å². The van der Waals surface area contributed by atoms with E-state index >= 15 is 0 Å². The van der Waals surface area contributed by atoms with Crippen LogP contribution in [0.3, 0.4) is 0 Å². The highest BCUT2D eigenvalue weighted by Crippen LogP contribution is 2.33. The maximum Gasteiger partial charge on any atom is 0.166 e. The minimum Gasteiger partial charge on any atom is -0.496 e. The van der Waals surface area contributed by atoms with E-state index in [2.05, 4.69) is 22.9 Å². The zero-order chi connectivity index (χ0) is 15.8. The average Bonchev–Trinajstić information content (AvgIpc) is 2.45. The number of methoxy groups -OCH3 is 1. The van der Waals surface area contributed by atoms with Gasteiger partial charge in [-0.3, -0.25) is 4.79 Å². The van der Waals surface area contributed by atoms with Crippen LogP contribution >= 0.6 is 15.9 Å². The summed E-state index contributed by atoms with van der Waals surface area (Å²) >= 11 is 3.53. The van der Waals surface area contributed by atoms with Crippen LogP contribution in [0, 0.1) is 13.8 Å². The fourth-order valence-corrected chi connectivity index (χ4v) is 3.18. The van der Waals surface area contributed by atoms with Gasteiger partial charge in [0, 0.05) is 10.9 Å². The molecule has 0 aromatic heterocycles. The Morgan fingerprint density at radius 2 is 1.76 bits per heavy atom. The maximum atomic E-state index is 12.5. The molecule has 0 N–H and O–H groups in total. The Balaban J connectivity index is 2.69. The first-order valence-corrected chi connectivity index (χ1v) is 8.69. The van der Waals surface area contributed by atoms with Crippen LogP contribution in [0.5, 0.6) is 5.75 Å². The normalized spacial score (nSPS) is 10.7. The third-order valence-electron chi connectivity index (χ3n) is 3.90. The van der Waals surface area contributed by atoms with Crippen LogP contribution < -0.4 is 4.74 Å². The highest BCUT2D eigenvalue weighted by atomic mass is 79.9. The molecular weight excluding hydrogens is 328 g/mol.